The second-order valence-corrected chi connectivity index (χ2v) is 5.27. The van der Waals surface area contributed by atoms with Crippen LogP contribution in [0.15, 0.2) is 24.3 Å². The van der Waals surface area contributed by atoms with Gasteiger partial charge in [0.05, 0.1) is 6.61 Å². The van der Waals surface area contributed by atoms with Crippen LogP contribution in [0.25, 0.3) is 0 Å². The monoisotopic (exact) mass is 278 g/mol. The first-order valence-electron chi connectivity index (χ1n) is 7.29. The third-order valence-corrected chi connectivity index (χ3v) is 2.97. The van der Waals surface area contributed by atoms with Gasteiger partial charge in [0.25, 0.3) is 5.91 Å². The average molecular weight is 278 g/mol. The summed E-state index contributed by atoms with van der Waals surface area (Å²) in [6.45, 7) is 6.65. The van der Waals surface area contributed by atoms with Gasteiger partial charge in [-0.2, -0.15) is 0 Å². The number of ether oxygens (including phenoxy) is 1. The van der Waals surface area contributed by atoms with E-state index in [4.69, 9.17) is 4.74 Å². The summed E-state index contributed by atoms with van der Waals surface area (Å²) in [7, 11) is 1.90. The van der Waals surface area contributed by atoms with Crippen molar-refractivity contribution < 1.29 is 9.53 Å². The molecule has 0 spiro atoms. The number of hydrogen-bond acceptors (Lipinski definition) is 3. The number of amides is 1. The van der Waals surface area contributed by atoms with Gasteiger partial charge in [-0.05, 0) is 56.6 Å². The summed E-state index contributed by atoms with van der Waals surface area (Å²) in [6, 6.07) is 7.31. The molecule has 1 amide bonds. The lowest BCUT2D eigenvalue weighted by Crippen LogP contribution is -2.26. The molecule has 0 radical (unpaired) electrons. The summed E-state index contributed by atoms with van der Waals surface area (Å²) in [5, 5.41) is 5.94. The summed E-state index contributed by atoms with van der Waals surface area (Å²) >= 11 is 0. The van der Waals surface area contributed by atoms with E-state index in [0.717, 1.165) is 25.1 Å². The number of carbonyl (C=O) groups excluding carboxylic acids is 1. The van der Waals surface area contributed by atoms with E-state index in [9.17, 15) is 4.79 Å². The van der Waals surface area contributed by atoms with Crippen molar-refractivity contribution >= 4 is 5.91 Å². The molecule has 0 bridgehead atoms. The molecule has 0 fully saturated rings. The van der Waals surface area contributed by atoms with E-state index in [1.54, 1.807) is 12.1 Å². The number of carbonyl (C=O) groups is 1. The lowest BCUT2D eigenvalue weighted by Gasteiger charge is -2.09. The maximum atomic E-state index is 11.9. The Kier molecular flexibility index (Phi) is 7.73. The summed E-state index contributed by atoms with van der Waals surface area (Å²) in [6.07, 6.45) is 1.96. The zero-order chi connectivity index (χ0) is 14.8. The molecular formula is C16H26N2O2. The van der Waals surface area contributed by atoms with Gasteiger partial charge in [0.1, 0.15) is 5.75 Å². The highest BCUT2D eigenvalue weighted by molar-refractivity contribution is 5.94. The van der Waals surface area contributed by atoms with Crippen molar-refractivity contribution in [2.75, 3.05) is 26.7 Å². The van der Waals surface area contributed by atoms with Crippen molar-refractivity contribution in [3.63, 3.8) is 0 Å². The zero-order valence-corrected chi connectivity index (χ0v) is 12.7. The van der Waals surface area contributed by atoms with Crippen molar-refractivity contribution in [1.82, 2.24) is 10.6 Å². The van der Waals surface area contributed by atoms with E-state index in [2.05, 4.69) is 24.5 Å². The van der Waals surface area contributed by atoms with E-state index in [1.165, 1.54) is 0 Å². The topological polar surface area (TPSA) is 50.4 Å². The Morgan fingerprint density at radius 1 is 1.20 bits per heavy atom. The standard InChI is InChI=1S/C16H26N2O2/c1-13(2)9-12-20-15-7-5-14(6-8-15)16(19)18-11-4-10-17-3/h5-8,13,17H,4,9-12H2,1-3H3,(H,18,19). The fourth-order valence-electron chi connectivity index (χ4n) is 1.68. The van der Waals surface area contributed by atoms with E-state index >= 15 is 0 Å². The molecule has 112 valence electrons. The van der Waals surface area contributed by atoms with Gasteiger partial charge in [-0.25, -0.2) is 0 Å². The molecule has 20 heavy (non-hydrogen) atoms. The van der Waals surface area contributed by atoms with Gasteiger partial charge in [0.15, 0.2) is 0 Å². The number of hydrogen-bond donors (Lipinski definition) is 2. The van der Waals surface area contributed by atoms with Crippen molar-refractivity contribution in [3.8, 4) is 5.75 Å². The second kappa shape index (κ2) is 9.37. The minimum Gasteiger partial charge on any atom is -0.494 e. The zero-order valence-electron chi connectivity index (χ0n) is 12.7. The molecule has 1 rings (SSSR count). The molecule has 0 aliphatic rings. The minimum absolute atomic E-state index is 0.0326. The van der Waals surface area contributed by atoms with Gasteiger partial charge in [0, 0.05) is 12.1 Å². The quantitative estimate of drug-likeness (QED) is 0.682. The number of nitrogens with one attached hydrogen (secondary N) is 2. The van der Waals surface area contributed by atoms with Crippen molar-refractivity contribution in [1.29, 1.82) is 0 Å². The average Bonchev–Trinajstić information content (AvgIpc) is 2.44. The predicted molar refractivity (Wildman–Crippen MR) is 82.3 cm³/mol. The molecule has 0 heterocycles. The van der Waals surface area contributed by atoms with E-state index in [1.807, 2.05) is 19.2 Å². The highest BCUT2D eigenvalue weighted by Gasteiger charge is 2.04. The highest BCUT2D eigenvalue weighted by Crippen LogP contribution is 2.13. The van der Waals surface area contributed by atoms with E-state index in [0.29, 0.717) is 24.6 Å². The maximum absolute atomic E-state index is 11.9. The number of rotatable bonds is 9. The Morgan fingerprint density at radius 2 is 1.90 bits per heavy atom. The van der Waals surface area contributed by atoms with Crippen molar-refractivity contribution in [2.45, 2.75) is 26.7 Å². The first kappa shape index (κ1) is 16.5. The lowest BCUT2D eigenvalue weighted by atomic mass is 10.1. The van der Waals surface area contributed by atoms with Gasteiger partial charge in [-0.3, -0.25) is 4.79 Å². The molecule has 1 aromatic rings. The van der Waals surface area contributed by atoms with Crippen LogP contribution in [-0.2, 0) is 0 Å². The van der Waals surface area contributed by atoms with Crippen LogP contribution in [0.3, 0.4) is 0 Å². The van der Waals surface area contributed by atoms with Crippen LogP contribution in [0.4, 0.5) is 0 Å². The summed E-state index contributed by atoms with van der Waals surface area (Å²) in [5.74, 6) is 1.42. The molecule has 0 saturated heterocycles. The van der Waals surface area contributed by atoms with Gasteiger partial charge in [-0.1, -0.05) is 13.8 Å². The highest BCUT2D eigenvalue weighted by atomic mass is 16.5. The first-order valence-corrected chi connectivity index (χ1v) is 7.29. The van der Waals surface area contributed by atoms with Crippen LogP contribution in [0.2, 0.25) is 0 Å². The van der Waals surface area contributed by atoms with Crippen LogP contribution in [0.5, 0.6) is 5.75 Å². The third-order valence-electron chi connectivity index (χ3n) is 2.97. The summed E-state index contributed by atoms with van der Waals surface area (Å²) in [4.78, 5) is 11.9. The van der Waals surface area contributed by atoms with Gasteiger partial charge in [0.2, 0.25) is 0 Å². The van der Waals surface area contributed by atoms with Gasteiger partial charge in [-0.15, -0.1) is 0 Å². The molecule has 0 atom stereocenters. The normalized spacial score (nSPS) is 10.6. The molecule has 0 unspecified atom stereocenters. The lowest BCUT2D eigenvalue weighted by molar-refractivity contribution is 0.0953. The summed E-state index contributed by atoms with van der Waals surface area (Å²) < 4.78 is 5.62. The molecule has 1 aromatic carbocycles. The van der Waals surface area contributed by atoms with Gasteiger partial charge < -0.3 is 15.4 Å². The van der Waals surface area contributed by atoms with Crippen molar-refractivity contribution in [2.24, 2.45) is 5.92 Å². The molecule has 4 nitrogen and oxygen atoms in total. The largest absolute Gasteiger partial charge is 0.494 e. The van der Waals surface area contributed by atoms with Crippen LogP contribution in [0.1, 0.15) is 37.0 Å². The minimum atomic E-state index is -0.0326. The molecular weight excluding hydrogens is 252 g/mol. The maximum Gasteiger partial charge on any atom is 0.251 e. The Labute approximate surface area is 121 Å². The second-order valence-electron chi connectivity index (χ2n) is 5.27. The first-order chi connectivity index (χ1) is 9.63. The molecule has 0 aliphatic carbocycles. The van der Waals surface area contributed by atoms with Crippen LogP contribution in [-0.4, -0.2) is 32.7 Å². The molecule has 0 aromatic heterocycles. The fourth-order valence-corrected chi connectivity index (χ4v) is 1.68. The SMILES string of the molecule is CNCCCNC(=O)c1ccc(OCCC(C)C)cc1. The van der Waals surface area contributed by atoms with E-state index < -0.39 is 0 Å². The predicted octanol–water partition coefficient (Wildman–Crippen LogP) is 2.45. The van der Waals surface area contributed by atoms with Crippen LogP contribution >= 0.6 is 0 Å². The third kappa shape index (κ3) is 6.57. The summed E-state index contributed by atoms with van der Waals surface area (Å²) in [5.41, 5.74) is 0.672. The van der Waals surface area contributed by atoms with Crippen LogP contribution < -0.4 is 15.4 Å². The molecule has 0 aliphatic heterocycles. The van der Waals surface area contributed by atoms with Gasteiger partial charge >= 0.3 is 0 Å². The fraction of sp³-hybridized carbons (Fsp3) is 0.562. The number of benzene rings is 1. The molecule has 0 saturated carbocycles. The Bertz CT molecular complexity index is 388. The molecule has 2 N–H and O–H groups in total. The van der Waals surface area contributed by atoms with Crippen molar-refractivity contribution in [3.05, 3.63) is 29.8 Å². The Balaban J connectivity index is 2.35. The molecule has 4 heteroatoms. The van der Waals surface area contributed by atoms with Crippen LogP contribution in [0, 0.1) is 5.92 Å². The Morgan fingerprint density at radius 3 is 2.50 bits per heavy atom. The van der Waals surface area contributed by atoms with E-state index in [-0.39, 0.29) is 5.91 Å². The Hall–Kier alpha value is -1.55. The smallest absolute Gasteiger partial charge is 0.251 e.